The molecule has 0 saturated carbocycles. The fraction of sp³-hybridized carbons (Fsp3) is 0.600. The largest absolute Gasteiger partial charge is 0.339 e. The first kappa shape index (κ1) is 12.2. The summed E-state index contributed by atoms with van der Waals surface area (Å²) in [5.41, 5.74) is 0. The molecular formula is C10H12BrN3O3. The number of nitrogens with zero attached hydrogens (tertiary/aromatic N) is 3. The summed E-state index contributed by atoms with van der Waals surface area (Å²) in [4.78, 5) is 29.2. The third-order valence-corrected chi connectivity index (χ3v) is 3.22. The maximum absolute atomic E-state index is 12.1. The van der Waals surface area contributed by atoms with Gasteiger partial charge < -0.3 is 9.42 Å². The molecule has 17 heavy (non-hydrogen) atoms. The van der Waals surface area contributed by atoms with Crippen LogP contribution in [0.2, 0.25) is 0 Å². The summed E-state index contributed by atoms with van der Waals surface area (Å²) in [7, 11) is 0. The molecule has 0 radical (unpaired) electrons. The summed E-state index contributed by atoms with van der Waals surface area (Å²) in [5.74, 6) is 0.0844. The highest BCUT2D eigenvalue weighted by Gasteiger charge is 2.35. The van der Waals surface area contributed by atoms with E-state index in [1.54, 1.807) is 11.8 Å². The Labute approximate surface area is 106 Å². The van der Waals surface area contributed by atoms with Crippen LogP contribution < -0.4 is 0 Å². The van der Waals surface area contributed by atoms with Crippen LogP contribution in [0, 0.1) is 6.92 Å². The molecule has 0 spiro atoms. The predicted octanol–water partition coefficient (Wildman–Crippen LogP) is 0.947. The van der Waals surface area contributed by atoms with Crippen molar-refractivity contribution >= 4 is 27.6 Å². The van der Waals surface area contributed by atoms with Crippen molar-refractivity contribution in [1.29, 1.82) is 0 Å². The molecule has 1 atom stereocenters. The van der Waals surface area contributed by atoms with Gasteiger partial charge in [0.05, 0.1) is 11.4 Å². The van der Waals surface area contributed by atoms with Crippen LogP contribution >= 0.6 is 15.9 Å². The van der Waals surface area contributed by atoms with Crippen LogP contribution in [0.25, 0.3) is 0 Å². The highest BCUT2D eigenvalue weighted by molar-refractivity contribution is 9.09. The number of hydrogen-bond acceptors (Lipinski definition) is 5. The van der Waals surface area contributed by atoms with Crippen molar-refractivity contribution in [3.05, 3.63) is 11.7 Å². The van der Waals surface area contributed by atoms with Gasteiger partial charge in [0.1, 0.15) is 0 Å². The highest BCUT2D eigenvalue weighted by atomic mass is 79.9. The summed E-state index contributed by atoms with van der Waals surface area (Å²) in [6, 6.07) is -0.447. The minimum Gasteiger partial charge on any atom is -0.339 e. The molecule has 2 heterocycles. The second-order valence-corrected chi connectivity index (χ2v) is 4.44. The molecule has 0 bridgehead atoms. The zero-order chi connectivity index (χ0) is 12.4. The third-order valence-electron chi connectivity index (χ3n) is 2.74. The number of halogens is 1. The van der Waals surface area contributed by atoms with Crippen LogP contribution in [0.1, 0.15) is 29.4 Å². The SMILES string of the molecule is Cc1nc(C(=O)[C@@H]2CCCN2C(=O)CBr)no1. The van der Waals surface area contributed by atoms with E-state index in [4.69, 9.17) is 4.52 Å². The minimum atomic E-state index is -0.447. The fourth-order valence-corrected chi connectivity index (χ4v) is 2.29. The van der Waals surface area contributed by atoms with Crippen molar-refractivity contribution in [2.45, 2.75) is 25.8 Å². The van der Waals surface area contributed by atoms with Crippen LogP contribution in [0.3, 0.4) is 0 Å². The van der Waals surface area contributed by atoms with Crippen LogP contribution in [0.15, 0.2) is 4.52 Å². The zero-order valence-corrected chi connectivity index (χ0v) is 10.9. The van der Waals surface area contributed by atoms with Gasteiger partial charge in [-0.2, -0.15) is 4.98 Å². The van der Waals surface area contributed by atoms with E-state index in [9.17, 15) is 9.59 Å². The Bertz CT molecular complexity index is 446. The molecule has 1 aromatic rings. The molecule has 0 N–H and O–H groups in total. The summed E-state index contributed by atoms with van der Waals surface area (Å²) in [5, 5.41) is 3.82. The lowest BCUT2D eigenvalue weighted by molar-refractivity contribution is -0.128. The van der Waals surface area contributed by atoms with Gasteiger partial charge in [-0.25, -0.2) is 0 Å². The van der Waals surface area contributed by atoms with Gasteiger partial charge in [0.25, 0.3) is 0 Å². The van der Waals surface area contributed by atoms with Gasteiger partial charge in [0.15, 0.2) is 0 Å². The molecule has 92 valence electrons. The van der Waals surface area contributed by atoms with E-state index < -0.39 is 6.04 Å². The number of aryl methyl sites for hydroxylation is 1. The first-order valence-corrected chi connectivity index (χ1v) is 6.45. The van der Waals surface area contributed by atoms with Gasteiger partial charge in [0, 0.05) is 13.5 Å². The van der Waals surface area contributed by atoms with Crippen LogP contribution in [0.5, 0.6) is 0 Å². The van der Waals surface area contributed by atoms with E-state index in [0.29, 0.717) is 18.9 Å². The number of likely N-dealkylation sites (tertiary alicyclic amines) is 1. The molecule has 1 aliphatic rings. The Morgan fingerprint density at radius 3 is 2.94 bits per heavy atom. The van der Waals surface area contributed by atoms with E-state index in [1.807, 2.05) is 0 Å². The molecule has 1 aliphatic heterocycles. The van der Waals surface area contributed by atoms with E-state index >= 15 is 0 Å². The molecule has 1 fully saturated rings. The summed E-state index contributed by atoms with van der Waals surface area (Å²) < 4.78 is 4.77. The van der Waals surface area contributed by atoms with Crippen LogP contribution in [0.4, 0.5) is 0 Å². The molecule has 6 nitrogen and oxygen atoms in total. The number of ketones is 1. The average Bonchev–Trinajstić information content (AvgIpc) is 2.95. The smallest absolute Gasteiger partial charge is 0.240 e. The average molecular weight is 302 g/mol. The molecule has 0 unspecified atom stereocenters. The summed E-state index contributed by atoms with van der Waals surface area (Å²) in [6.45, 7) is 2.23. The Kier molecular flexibility index (Phi) is 3.56. The Morgan fingerprint density at radius 2 is 2.35 bits per heavy atom. The third kappa shape index (κ3) is 2.38. The number of carbonyl (C=O) groups excluding carboxylic acids is 2. The predicted molar refractivity (Wildman–Crippen MR) is 61.9 cm³/mol. The van der Waals surface area contributed by atoms with Crippen molar-refractivity contribution in [1.82, 2.24) is 15.0 Å². The van der Waals surface area contributed by atoms with Gasteiger partial charge >= 0.3 is 0 Å². The molecular weight excluding hydrogens is 290 g/mol. The second kappa shape index (κ2) is 4.95. The number of carbonyl (C=O) groups is 2. The summed E-state index contributed by atoms with van der Waals surface area (Å²) >= 11 is 3.11. The molecule has 1 saturated heterocycles. The van der Waals surface area contributed by atoms with Gasteiger partial charge in [-0.05, 0) is 12.8 Å². The van der Waals surface area contributed by atoms with Gasteiger partial charge in [-0.15, -0.1) is 0 Å². The minimum absolute atomic E-state index is 0.0572. The van der Waals surface area contributed by atoms with Crippen molar-refractivity contribution in [3.8, 4) is 0 Å². The Morgan fingerprint density at radius 1 is 1.59 bits per heavy atom. The maximum Gasteiger partial charge on any atom is 0.240 e. The van der Waals surface area contributed by atoms with E-state index in [0.717, 1.165) is 6.42 Å². The van der Waals surface area contributed by atoms with Crippen molar-refractivity contribution < 1.29 is 14.1 Å². The van der Waals surface area contributed by atoms with E-state index in [-0.39, 0.29) is 22.8 Å². The molecule has 7 heteroatoms. The lowest BCUT2D eigenvalue weighted by Gasteiger charge is -2.21. The maximum atomic E-state index is 12.1. The molecule has 2 rings (SSSR count). The number of rotatable bonds is 3. The Balaban J connectivity index is 2.16. The summed E-state index contributed by atoms with van der Waals surface area (Å²) in [6.07, 6.45) is 1.48. The quantitative estimate of drug-likeness (QED) is 0.613. The van der Waals surface area contributed by atoms with Gasteiger partial charge in [0.2, 0.25) is 23.4 Å². The normalized spacial score (nSPS) is 19.6. The van der Waals surface area contributed by atoms with Gasteiger partial charge in [-0.3, -0.25) is 9.59 Å². The van der Waals surface area contributed by atoms with Crippen molar-refractivity contribution in [2.75, 3.05) is 11.9 Å². The van der Waals surface area contributed by atoms with Crippen molar-refractivity contribution in [3.63, 3.8) is 0 Å². The zero-order valence-electron chi connectivity index (χ0n) is 9.35. The number of hydrogen-bond donors (Lipinski definition) is 0. The molecule has 0 aliphatic carbocycles. The highest BCUT2D eigenvalue weighted by Crippen LogP contribution is 2.20. The van der Waals surface area contributed by atoms with Crippen molar-refractivity contribution in [2.24, 2.45) is 0 Å². The van der Waals surface area contributed by atoms with E-state index in [2.05, 4.69) is 26.1 Å². The Hall–Kier alpha value is -1.24. The lowest BCUT2D eigenvalue weighted by atomic mass is 10.1. The first-order chi connectivity index (χ1) is 8.13. The van der Waals surface area contributed by atoms with Crippen LogP contribution in [-0.2, 0) is 4.79 Å². The molecule has 1 aromatic heterocycles. The monoisotopic (exact) mass is 301 g/mol. The second-order valence-electron chi connectivity index (χ2n) is 3.88. The first-order valence-electron chi connectivity index (χ1n) is 5.33. The number of Topliss-reactive ketones (excluding diaryl/α,β-unsaturated/α-hetero) is 1. The topological polar surface area (TPSA) is 76.3 Å². The fourth-order valence-electron chi connectivity index (χ4n) is 1.96. The molecule has 0 aromatic carbocycles. The van der Waals surface area contributed by atoms with Gasteiger partial charge in [-0.1, -0.05) is 21.1 Å². The number of alkyl halides is 1. The molecule has 1 amide bonds. The van der Waals surface area contributed by atoms with E-state index in [1.165, 1.54) is 0 Å². The van der Waals surface area contributed by atoms with Crippen LogP contribution in [-0.4, -0.2) is 44.6 Å². The number of aromatic nitrogens is 2. The number of amides is 1. The standard InChI is InChI=1S/C10H12BrN3O3/c1-6-12-10(13-17-6)9(16)7-3-2-4-14(7)8(15)5-11/h7H,2-5H2,1H3/t7-/m0/s1. The lowest BCUT2D eigenvalue weighted by Crippen LogP contribution is -2.41.